The highest BCUT2D eigenvalue weighted by Gasteiger charge is 2.31. The van der Waals surface area contributed by atoms with Gasteiger partial charge < -0.3 is 10.4 Å². The second kappa shape index (κ2) is 3.55. The van der Waals surface area contributed by atoms with Crippen LogP contribution in [0.5, 0.6) is 0 Å². The summed E-state index contributed by atoms with van der Waals surface area (Å²) < 4.78 is 0. The summed E-state index contributed by atoms with van der Waals surface area (Å²) in [5.41, 5.74) is 0.303. The molecular weight excluding hydrogens is 138 g/mol. The van der Waals surface area contributed by atoms with Gasteiger partial charge in [-0.15, -0.1) is 0 Å². The van der Waals surface area contributed by atoms with Crippen LogP contribution in [0, 0.1) is 5.41 Å². The Morgan fingerprint density at radius 2 is 1.55 bits per heavy atom. The zero-order valence-corrected chi connectivity index (χ0v) is 8.36. The number of hydrogen-bond acceptors (Lipinski definition) is 2. The first-order valence-electron chi connectivity index (χ1n) is 4.17. The Balaban J connectivity index is 4.00. The molecule has 11 heavy (non-hydrogen) atoms. The monoisotopic (exact) mass is 159 g/mol. The molecule has 0 fully saturated rings. The maximum absolute atomic E-state index is 8.63. The zero-order chi connectivity index (χ0) is 9.12. The molecular formula is C9H21NO. The Bertz CT molecular complexity index is 113. The zero-order valence-electron chi connectivity index (χ0n) is 8.36. The summed E-state index contributed by atoms with van der Waals surface area (Å²) in [7, 11) is 0. The van der Waals surface area contributed by atoms with Crippen LogP contribution in [0.15, 0.2) is 0 Å². The van der Waals surface area contributed by atoms with Gasteiger partial charge in [-0.1, -0.05) is 20.8 Å². The molecule has 0 bridgehead atoms. The van der Waals surface area contributed by atoms with Crippen LogP contribution in [0.4, 0.5) is 0 Å². The SMILES string of the molecule is CC(C)(C)C(C)(C)NCCO. The van der Waals surface area contributed by atoms with E-state index in [9.17, 15) is 0 Å². The Kier molecular flexibility index (Phi) is 3.52. The fourth-order valence-electron chi connectivity index (χ4n) is 0.634. The highest BCUT2D eigenvalue weighted by atomic mass is 16.3. The van der Waals surface area contributed by atoms with Crippen molar-refractivity contribution in [2.45, 2.75) is 40.2 Å². The molecule has 0 atom stereocenters. The van der Waals surface area contributed by atoms with Gasteiger partial charge in [0.15, 0.2) is 0 Å². The number of nitrogens with one attached hydrogen (secondary N) is 1. The molecule has 0 amide bonds. The topological polar surface area (TPSA) is 32.3 Å². The van der Waals surface area contributed by atoms with E-state index in [1.165, 1.54) is 0 Å². The molecule has 0 saturated carbocycles. The maximum Gasteiger partial charge on any atom is 0.0556 e. The lowest BCUT2D eigenvalue weighted by Gasteiger charge is -2.39. The van der Waals surface area contributed by atoms with E-state index in [4.69, 9.17) is 5.11 Å². The number of hydrogen-bond donors (Lipinski definition) is 2. The molecule has 2 N–H and O–H groups in total. The summed E-state index contributed by atoms with van der Waals surface area (Å²) in [5.74, 6) is 0. The fourth-order valence-corrected chi connectivity index (χ4v) is 0.634. The third-order valence-corrected chi connectivity index (χ3v) is 2.55. The Labute approximate surface area is 70.0 Å². The molecule has 0 aromatic carbocycles. The predicted octanol–water partition coefficient (Wildman–Crippen LogP) is 1.39. The van der Waals surface area contributed by atoms with E-state index in [0.717, 1.165) is 0 Å². The van der Waals surface area contributed by atoms with Crippen molar-refractivity contribution in [1.82, 2.24) is 5.32 Å². The van der Waals surface area contributed by atoms with Crippen molar-refractivity contribution in [1.29, 1.82) is 0 Å². The Morgan fingerprint density at radius 3 is 1.82 bits per heavy atom. The highest BCUT2D eigenvalue weighted by molar-refractivity contribution is 4.89. The summed E-state index contributed by atoms with van der Waals surface area (Å²) in [4.78, 5) is 0. The molecule has 0 saturated heterocycles. The van der Waals surface area contributed by atoms with Crippen molar-refractivity contribution in [3.05, 3.63) is 0 Å². The fraction of sp³-hybridized carbons (Fsp3) is 1.00. The smallest absolute Gasteiger partial charge is 0.0556 e. The van der Waals surface area contributed by atoms with Gasteiger partial charge in [0.05, 0.1) is 6.61 Å². The van der Waals surface area contributed by atoms with Crippen LogP contribution in [-0.4, -0.2) is 23.8 Å². The summed E-state index contributed by atoms with van der Waals surface area (Å²) >= 11 is 0. The molecule has 2 heteroatoms. The Hall–Kier alpha value is -0.0800. The minimum absolute atomic E-state index is 0.0791. The summed E-state index contributed by atoms with van der Waals surface area (Å²) in [6.45, 7) is 11.8. The van der Waals surface area contributed by atoms with E-state index >= 15 is 0 Å². The van der Waals surface area contributed by atoms with E-state index < -0.39 is 0 Å². The second-order valence-electron chi connectivity index (χ2n) is 4.53. The molecule has 0 heterocycles. The van der Waals surface area contributed by atoms with E-state index in [2.05, 4.69) is 39.9 Å². The van der Waals surface area contributed by atoms with Crippen molar-refractivity contribution in [3.63, 3.8) is 0 Å². The van der Waals surface area contributed by atoms with Crippen molar-refractivity contribution < 1.29 is 5.11 Å². The average Bonchev–Trinajstić information content (AvgIpc) is 1.81. The Morgan fingerprint density at radius 1 is 1.09 bits per heavy atom. The van der Waals surface area contributed by atoms with Gasteiger partial charge in [-0.3, -0.25) is 0 Å². The molecule has 68 valence electrons. The van der Waals surface area contributed by atoms with Crippen LogP contribution < -0.4 is 5.32 Å². The lowest BCUT2D eigenvalue weighted by atomic mass is 9.76. The summed E-state index contributed by atoms with van der Waals surface area (Å²) in [6, 6.07) is 0. The molecule has 0 aliphatic heterocycles. The summed E-state index contributed by atoms with van der Waals surface area (Å²) in [5, 5.41) is 11.9. The average molecular weight is 159 g/mol. The second-order valence-corrected chi connectivity index (χ2v) is 4.53. The number of aliphatic hydroxyl groups excluding tert-OH is 1. The van der Waals surface area contributed by atoms with E-state index in [1.54, 1.807) is 0 Å². The van der Waals surface area contributed by atoms with E-state index in [-0.39, 0.29) is 17.6 Å². The van der Waals surface area contributed by atoms with Crippen molar-refractivity contribution in [3.8, 4) is 0 Å². The first-order chi connectivity index (χ1) is 4.81. The van der Waals surface area contributed by atoms with Crippen molar-refractivity contribution >= 4 is 0 Å². The first-order valence-corrected chi connectivity index (χ1v) is 4.17. The van der Waals surface area contributed by atoms with Gasteiger partial charge in [0.25, 0.3) is 0 Å². The van der Waals surface area contributed by atoms with Crippen LogP contribution in [0.25, 0.3) is 0 Å². The minimum Gasteiger partial charge on any atom is -0.395 e. The maximum atomic E-state index is 8.63. The summed E-state index contributed by atoms with van der Waals surface area (Å²) in [6.07, 6.45) is 0. The first kappa shape index (κ1) is 10.9. The molecule has 0 unspecified atom stereocenters. The molecule has 0 radical (unpaired) electrons. The van der Waals surface area contributed by atoms with E-state index in [0.29, 0.717) is 6.54 Å². The largest absolute Gasteiger partial charge is 0.395 e. The lowest BCUT2D eigenvalue weighted by molar-refractivity contribution is 0.162. The van der Waals surface area contributed by atoms with Crippen LogP contribution in [0.1, 0.15) is 34.6 Å². The highest BCUT2D eigenvalue weighted by Crippen LogP contribution is 2.28. The minimum atomic E-state index is 0.0791. The van der Waals surface area contributed by atoms with Gasteiger partial charge >= 0.3 is 0 Å². The van der Waals surface area contributed by atoms with Crippen molar-refractivity contribution in [2.24, 2.45) is 5.41 Å². The molecule has 0 aromatic rings. The quantitative estimate of drug-likeness (QED) is 0.652. The molecule has 0 spiro atoms. The molecule has 0 aromatic heterocycles. The van der Waals surface area contributed by atoms with Crippen LogP contribution >= 0.6 is 0 Å². The van der Waals surface area contributed by atoms with Crippen LogP contribution in [-0.2, 0) is 0 Å². The van der Waals surface area contributed by atoms with Gasteiger partial charge in [0.1, 0.15) is 0 Å². The number of rotatable bonds is 3. The normalized spacial score (nSPS) is 13.6. The molecule has 0 aliphatic carbocycles. The molecule has 0 rings (SSSR count). The van der Waals surface area contributed by atoms with Crippen molar-refractivity contribution in [2.75, 3.05) is 13.2 Å². The molecule has 2 nitrogen and oxygen atoms in total. The lowest BCUT2D eigenvalue weighted by Crippen LogP contribution is -2.50. The van der Waals surface area contributed by atoms with Gasteiger partial charge in [-0.05, 0) is 19.3 Å². The van der Waals surface area contributed by atoms with Gasteiger partial charge in [0.2, 0.25) is 0 Å². The number of aliphatic hydroxyl groups is 1. The van der Waals surface area contributed by atoms with Gasteiger partial charge in [-0.25, -0.2) is 0 Å². The molecule has 0 aliphatic rings. The standard InChI is InChI=1S/C9H21NO/c1-8(2,3)9(4,5)10-6-7-11/h10-11H,6-7H2,1-5H3. The van der Waals surface area contributed by atoms with E-state index in [1.807, 2.05) is 0 Å². The third-order valence-electron chi connectivity index (χ3n) is 2.55. The van der Waals surface area contributed by atoms with Crippen LogP contribution in [0.3, 0.4) is 0 Å². The van der Waals surface area contributed by atoms with Gasteiger partial charge in [0, 0.05) is 12.1 Å². The third kappa shape index (κ3) is 3.21. The van der Waals surface area contributed by atoms with Crippen LogP contribution in [0.2, 0.25) is 0 Å². The number of β-amino-alcohol motifs (C(OH)–C–C–N with tert-alkyl or cyclic N) is 1. The predicted molar refractivity (Wildman–Crippen MR) is 48.6 cm³/mol. The van der Waals surface area contributed by atoms with Gasteiger partial charge in [-0.2, -0.15) is 0 Å².